The van der Waals surface area contributed by atoms with E-state index in [0.717, 1.165) is 5.56 Å². The van der Waals surface area contributed by atoms with Crippen molar-refractivity contribution in [2.75, 3.05) is 17.7 Å². The Hall–Kier alpha value is -2.56. The third kappa shape index (κ3) is 1.89. The van der Waals surface area contributed by atoms with Gasteiger partial charge in [0.1, 0.15) is 12.0 Å². The third-order valence-electron chi connectivity index (χ3n) is 3.25. The Morgan fingerprint density at radius 3 is 2.95 bits per heavy atom. The number of hydrogen-bond acceptors (Lipinski definition) is 4. The Kier molecular flexibility index (Phi) is 2.59. The largest absolute Gasteiger partial charge is 0.399 e. The number of nitrogens with one attached hydrogen (secondary N) is 1. The molecule has 1 aliphatic rings. The molecule has 0 bridgehead atoms. The maximum atomic E-state index is 12.1. The van der Waals surface area contributed by atoms with E-state index in [0.29, 0.717) is 17.1 Å². The summed E-state index contributed by atoms with van der Waals surface area (Å²) >= 11 is 0. The van der Waals surface area contributed by atoms with E-state index in [2.05, 4.69) is 10.3 Å². The predicted molar refractivity (Wildman–Crippen MR) is 73.7 cm³/mol. The van der Waals surface area contributed by atoms with Crippen LogP contribution in [0.25, 0.3) is 0 Å². The van der Waals surface area contributed by atoms with Gasteiger partial charge in [-0.15, -0.1) is 0 Å². The molecule has 96 valence electrons. The van der Waals surface area contributed by atoms with Gasteiger partial charge >= 0.3 is 0 Å². The standard InChI is InChI=1S/C14H14N4O/c1-18-12(9-4-2-5-10(15)8-9)17-14(19)11-6-3-7-16-13(11)18/h2-8,12H,15H2,1H3,(H,17,19)/t12-/m0/s1. The first-order valence-corrected chi connectivity index (χ1v) is 6.01. The first kappa shape index (κ1) is 11.5. The van der Waals surface area contributed by atoms with Crippen molar-refractivity contribution in [3.8, 4) is 0 Å². The van der Waals surface area contributed by atoms with Crippen LogP contribution < -0.4 is 16.0 Å². The summed E-state index contributed by atoms with van der Waals surface area (Å²) in [5, 5.41) is 2.96. The second-order valence-corrected chi connectivity index (χ2v) is 4.53. The molecule has 19 heavy (non-hydrogen) atoms. The van der Waals surface area contributed by atoms with Crippen LogP contribution in [0.15, 0.2) is 42.6 Å². The molecule has 2 heterocycles. The Balaban J connectivity index is 2.05. The summed E-state index contributed by atoms with van der Waals surface area (Å²) in [6.07, 6.45) is 1.43. The number of carbonyl (C=O) groups excluding carboxylic acids is 1. The smallest absolute Gasteiger partial charge is 0.256 e. The molecular formula is C14H14N4O. The summed E-state index contributed by atoms with van der Waals surface area (Å²) in [4.78, 5) is 18.3. The molecule has 0 saturated carbocycles. The Morgan fingerprint density at radius 2 is 2.16 bits per heavy atom. The summed E-state index contributed by atoms with van der Waals surface area (Å²) in [6, 6.07) is 11.0. The monoisotopic (exact) mass is 254 g/mol. The first-order valence-electron chi connectivity index (χ1n) is 6.01. The van der Waals surface area contributed by atoms with Gasteiger partial charge in [-0.3, -0.25) is 4.79 Å². The van der Waals surface area contributed by atoms with E-state index in [4.69, 9.17) is 5.73 Å². The molecule has 5 nitrogen and oxygen atoms in total. The van der Waals surface area contributed by atoms with Crippen molar-refractivity contribution in [2.24, 2.45) is 0 Å². The van der Waals surface area contributed by atoms with Crippen molar-refractivity contribution in [3.05, 3.63) is 53.7 Å². The number of pyridine rings is 1. The van der Waals surface area contributed by atoms with Crippen molar-refractivity contribution >= 4 is 17.4 Å². The van der Waals surface area contributed by atoms with Gasteiger partial charge in [0.25, 0.3) is 5.91 Å². The number of aromatic nitrogens is 1. The van der Waals surface area contributed by atoms with Gasteiger partial charge < -0.3 is 16.0 Å². The van der Waals surface area contributed by atoms with Crippen molar-refractivity contribution in [3.63, 3.8) is 0 Å². The van der Waals surface area contributed by atoms with Crippen molar-refractivity contribution < 1.29 is 4.79 Å². The summed E-state index contributed by atoms with van der Waals surface area (Å²) in [7, 11) is 1.90. The molecule has 1 aromatic carbocycles. The van der Waals surface area contributed by atoms with Crippen LogP contribution in [-0.4, -0.2) is 17.9 Å². The lowest BCUT2D eigenvalue weighted by molar-refractivity contribution is 0.0927. The zero-order valence-electron chi connectivity index (χ0n) is 10.5. The van der Waals surface area contributed by atoms with Crippen molar-refractivity contribution in [1.29, 1.82) is 0 Å². The fourth-order valence-electron chi connectivity index (χ4n) is 2.31. The highest BCUT2D eigenvalue weighted by molar-refractivity contribution is 6.01. The number of benzene rings is 1. The van der Waals surface area contributed by atoms with E-state index in [-0.39, 0.29) is 12.1 Å². The van der Waals surface area contributed by atoms with E-state index in [1.165, 1.54) is 0 Å². The topological polar surface area (TPSA) is 71.2 Å². The molecule has 0 aliphatic carbocycles. The average molecular weight is 254 g/mol. The molecule has 5 heteroatoms. The SMILES string of the molecule is CN1c2ncccc2C(=O)N[C@@H]1c1cccc(N)c1. The maximum Gasteiger partial charge on any atom is 0.256 e. The second-order valence-electron chi connectivity index (χ2n) is 4.53. The van der Waals surface area contributed by atoms with Gasteiger partial charge in [-0.25, -0.2) is 4.98 Å². The minimum absolute atomic E-state index is 0.117. The van der Waals surface area contributed by atoms with Gasteiger partial charge in [0.05, 0.1) is 5.56 Å². The van der Waals surface area contributed by atoms with Crippen LogP contribution in [0.4, 0.5) is 11.5 Å². The quantitative estimate of drug-likeness (QED) is 0.757. The minimum atomic E-state index is -0.251. The normalized spacial score (nSPS) is 17.8. The van der Waals surface area contributed by atoms with E-state index >= 15 is 0 Å². The van der Waals surface area contributed by atoms with Crippen LogP contribution in [-0.2, 0) is 0 Å². The predicted octanol–water partition coefficient (Wildman–Crippen LogP) is 1.54. The fraction of sp³-hybridized carbons (Fsp3) is 0.143. The first-order chi connectivity index (χ1) is 9.16. The molecule has 0 unspecified atom stereocenters. The van der Waals surface area contributed by atoms with Crippen LogP contribution in [0.5, 0.6) is 0 Å². The Bertz CT molecular complexity index is 641. The van der Waals surface area contributed by atoms with Crippen LogP contribution in [0.1, 0.15) is 22.1 Å². The third-order valence-corrected chi connectivity index (χ3v) is 3.25. The van der Waals surface area contributed by atoms with Gasteiger partial charge in [0, 0.05) is 18.9 Å². The molecule has 2 aromatic rings. The van der Waals surface area contributed by atoms with E-state index in [9.17, 15) is 4.79 Å². The zero-order valence-corrected chi connectivity index (χ0v) is 10.5. The summed E-state index contributed by atoms with van der Waals surface area (Å²) < 4.78 is 0. The molecule has 3 N–H and O–H groups in total. The summed E-state index contributed by atoms with van der Waals surface area (Å²) in [6.45, 7) is 0. The van der Waals surface area contributed by atoms with Crippen LogP contribution in [0, 0.1) is 0 Å². The number of rotatable bonds is 1. The van der Waals surface area contributed by atoms with Crippen molar-refractivity contribution in [2.45, 2.75) is 6.17 Å². The molecule has 3 rings (SSSR count). The highest BCUT2D eigenvalue weighted by atomic mass is 16.2. The maximum absolute atomic E-state index is 12.1. The molecule has 0 saturated heterocycles. The molecule has 1 amide bonds. The number of hydrogen-bond donors (Lipinski definition) is 2. The Labute approximate surface area is 111 Å². The fourth-order valence-corrected chi connectivity index (χ4v) is 2.31. The number of carbonyl (C=O) groups is 1. The van der Waals surface area contributed by atoms with Gasteiger partial charge in [0.2, 0.25) is 0 Å². The Morgan fingerprint density at radius 1 is 1.32 bits per heavy atom. The zero-order chi connectivity index (χ0) is 13.4. The highest BCUT2D eigenvalue weighted by Gasteiger charge is 2.30. The van der Waals surface area contributed by atoms with Crippen LogP contribution in [0.2, 0.25) is 0 Å². The average Bonchev–Trinajstić information content (AvgIpc) is 2.43. The van der Waals surface area contributed by atoms with E-state index < -0.39 is 0 Å². The van der Waals surface area contributed by atoms with E-state index in [1.54, 1.807) is 18.3 Å². The molecule has 1 aliphatic heterocycles. The second kappa shape index (κ2) is 4.28. The van der Waals surface area contributed by atoms with Gasteiger partial charge in [0.15, 0.2) is 0 Å². The lowest BCUT2D eigenvalue weighted by Gasteiger charge is -2.35. The number of nitrogens with zero attached hydrogens (tertiary/aromatic N) is 2. The van der Waals surface area contributed by atoms with Crippen molar-refractivity contribution in [1.82, 2.24) is 10.3 Å². The molecular weight excluding hydrogens is 240 g/mol. The van der Waals surface area contributed by atoms with Gasteiger partial charge in [-0.2, -0.15) is 0 Å². The highest BCUT2D eigenvalue weighted by Crippen LogP contribution is 2.30. The molecule has 1 aromatic heterocycles. The lowest BCUT2D eigenvalue weighted by atomic mass is 10.1. The van der Waals surface area contributed by atoms with Crippen LogP contribution in [0.3, 0.4) is 0 Å². The molecule has 0 radical (unpaired) electrons. The number of nitrogens with two attached hydrogens (primary N) is 1. The minimum Gasteiger partial charge on any atom is -0.399 e. The lowest BCUT2D eigenvalue weighted by Crippen LogP contribution is -2.45. The number of fused-ring (bicyclic) bond motifs is 1. The molecule has 0 spiro atoms. The summed E-state index contributed by atoms with van der Waals surface area (Å²) in [5.74, 6) is 0.562. The molecule has 1 atom stereocenters. The number of nitrogen functional groups attached to an aromatic ring is 1. The number of amides is 1. The van der Waals surface area contributed by atoms with E-state index in [1.807, 2.05) is 36.2 Å². The number of anilines is 2. The van der Waals surface area contributed by atoms with Crippen LogP contribution >= 0.6 is 0 Å². The van der Waals surface area contributed by atoms with Gasteiger partial charge in [-0.05, 0) is 29.8 Å². The molecule has 0 fully saturated rings. The summed E-state index contributed by atoms with van der Waals surface area (Å²) in [5.41, 5.74) is 7.99. The van der Waals surface area contributed by atoms with Gasteiger partial charge in [-0.1, -0.05) is 12.1 Å².